The molecule has 0 aliphatic rings. The van der Waals surface area contributed by atoms with Gasteiger partial charge < -0.3 is 14.6 Å². The number of aromatic nitrogens is 1. The molecule has 16 heavy (non-hydrogen) atoms. The summed E-state index contributed by atoms with van der Waals surface area (Å²) in [5.74, 6) is 1.21. The van der Waals surface area contributed by atoms with Crippen LogP contribution in [0.5, 0.6) is 0 Å². The van der Waals surface area contributed by atoms with Crippen molar-refractivity contribution in [3.63, 3.8) is 0 Å². The molecule has 0 aliphatic heterocycles. The lowest BCUT2D eigenvalue weighted by Crippen LogP contribution is -1.75. The molecule has 3 rings (SSSR count). The zero-order chi connectivity index (χ0) is 11.7. The number of pyridine rings is 1. The van der Waals surface area contributed by atoms with Crippen molar-refractivity contribution in [2.75, 3.05) is 5.73 Å². The Hall–Kier alpha value is -1.97. The van der Waals surface area contributed by atoms with Gasteiger partial charge in [0, 0.05) is 18.2 Å². The number of fused-ring (bicyclic) bond motifs is 2. The highest BCUT2D eigenvalue weighted by atomic mass is 16.4. The second kappa shape index (κ2) is 3.89. The SMILES string of the molecule is CC.Cc1cc2nc3cc(N)oc3cc2o1. The average molecular weight is 218 g/mol. The number of anilines is 1. The van der Waals surface area contributed by atoms with Gasteiger partial charge in [-0.05, 0) is 6.92 Å². The fourth-order valence-electron chi connectivity index (χ4n) is 1.56. The maximum atomic E-state index is 5.51. The van der Waals surface area contributed by atoms with Gasteiger partial charge in [0.15, 0.2) is 17.1 Å². The van der Waals surface area contributed by atoms with E-state index in [1.807, 2.05) is 26.8 Å². The number of aryl methyl sites for hydroxylation is 1. The van der Waals surface area contributed by atoms with Gasteiger partial charge in [0.2, 0.25) is 0 Å². The van der Waals surface area contributed by atoms with Crippen LogP contribution < -0.4 is 5.73 Å². The van der Waals surface area contributed by atoms with Crippen LogP contribution in [-0.2, 0) is 0 Å². The van der Waals surface area contributed by atoms with E-state index in [1.54, 1.807) is 12.1 Å². The van der Waals surface area contributed by atoms with Crippen molar-refractivity contribution in [1.29, 1.82) is 0 Å². The number of hydrogen-bond acceptors (Lipinski definition) is 4. The molecule has 4 heteroatoms. The Labute approximate surface area is 93.0 Å². The van der Waals surface area contributed by atoms with Crippen LogP contribution >= 0.6 is 0 Å². The lowest BCUT2D eigenvalue weighted by atomic mass is 10.3. The van der Waals surface area contributed by atoms with Gasteiger partial charge in [-0.25, -0.2) is 4.98 Å². The van der Waals surface area contributed by atoms with Crippen molar-refractivity contribution in [1.82, 2.24) is 4.98 Å². The molecule has 3 aromatic rings. The Morgan fingerprint density at radius 3 is 2.38 bits per heavy atom. The van der Waals surface area contributed by atoms with Crippen LogP contribution in [-0.4, -0.2) is 4.98 Å². The summed E-state index contributed by atoms with van der Waals surface area (Å²) in [6.45, 7) is 5.89. The van der Waals surface area contributed by atoms with Crippen molar-refractivity contribution >= 4 is 28.1 Å². The summed E-state index contributed by atoms with van der Waals surface area (Å²) in [5, 5.41) is 0. The number of rotatable bonds is 0. The van der Waals surface area contributed by atoms with Crippen molar-refractivity contribution in [2.24, 2.45) is 0 Å². The van der Waals surface area contributed by atoms with E-state index < -0.39 is 0 Å². The van der Waals surface area contributed by atoms with Gasteiger partial charge >= 0.3 is 0 Å². The molecule has 0 radical (unpaired) electrons. The molecule has 84 valence electrons. The summed E-state index contributed by atoms with van der Waals surface area (Å²) in [4.78, 5) is 4.35. The van der Waals surface area contributed by atoms with Gasteiger partial charge in [0.05, 0.1) is 0 Å². The van der Waals surface area contributed by atoms with Crippen LogP contribution in [0.15, 0.2) is 27.0 Å². The second-order valence-electron chi connectivity index (χ2n) is 3.26. The highest BCUT2D eigenvalue weighted by Crippen LogP contribution is 2.25. The minimum absolute atomic E-state index is 0.372. The monoisotopic (exact) mass is 218 g/mol. The molecule has 3 heterocycles. The van der Waals surface area contributed by atoms with E-state index in [-0.39, 0.29) is 0 Å². The molecule has 0 saturated heterocycles. The molecule has 3 aromatic heterocycles. The Morgan fingerprint density at radius 2 is 1.62 bits per heavy atom. The molecule has 0 amide bonds. The first kappa shape index (κ1) is 10.5. The Morgan fingerprint density at radius 1 is 1.00 bits per heavy atom. The smallest absolute Gasteiger partial charge is 0.193 e. The summed E-state index contributed by atoms with van der Waals surface area (Å²) in [6, 6.07) is 5.40. The molecular formula is C12H14N2O2. The Kier molecular flexibility index (Phi) is 2.56. The van der Waals surface area contributed by atoms with Crippen LogP contribution in [0.4, 0.5) is 5.88 Å². The molecule has 0 atom stereocenters. The first-order chi connectivity index (χ1) is 7.72. The summed E-state index contributed by atoms with van der Waals surface area (Å²) in [6.07, 6.45) is 0. The fourth-order valence-corrected chi connectivity index (χ4v) is 1.56. The summed E-state index contributed by atoms with van der Waals surface area (Å²) in [7, 11) is 0. The van der Waals surface area contributed by atoms with Gasteiger partial charge in [-0.1, -0.05) is 13.8 Å². The van der Waals surface area contributed by atoms with Crippen molar-refractivity contribution < 1.29 is 8.83 Å². The van der Waals surface area contributed by atoms with E-state index >= 15 is 0 Å². The number of nitrogens with zero attached hydrogens (tertiary/aromatic N) is 1. The van der Waals surface area contributed by atoms with E-state index in [2.05, 4.69) is 4.98 Å². The molecule has 0 bridgehead atoms. The second-order valence-corrected chi connectivity index (χ2v) is 3.26. The minimum atomic E-state index is 0.372. The molecule has 4 nitrogen and oxygen atoms in total. The van der Waals surface area contributed by atoms with Crippen LogP contribution in [0.2, 0.25) is 0 Å². The van der Waals surface area contributed by atoms with E-state index in [0.29, 0.717) is 11.5 Å². The lowest BCUT2D eigenvalue weighted by molar-refractivity contribution is 0.576. The van der Waals surface area contributed by atoms with Crippen LogP contribution in [0, 0.1) is 6.92 Å². The standard InChI is InChI=1S/C10H8N2O2.C2H6/c1-5-2-6-8(13-5)4-9-7(12-6)3-10(11)14-9;1-2/h2-4H,11H2,1H3;1-2H3. The van der Waals surface area contributed by atoms with E-state index in [1.165, 1.54) is 0 Å². The Bertz CT molecular complexity index is 520. The van der Waals surface area contributed by atoms with Crippen molar-refractivity contribution in [3.05, 3.63) is 24.0 Å². The Balaban J connectivity index is 0.000000457. The van der Waals surface area contributed by atoms with Crippen LogP contribution in [0.1, 0.15) is 19.6 Å². The normalized spacial score (nSPS) is 10.4. The van der Waals surface area contributed by atoms with Crippen molar-refractivity contribution in [3.8, 4) is 0 Å². The van der Waals surface area contributed by atoms with Gasteiger partial charge in [-0.15, -0.1) is 0 Å². The van der Waals surface area contributed by atoms with Crippen molar-refractivity contribution in [2.45, 2.75) is 20.8 Å². The third kappa shape index (κ3) is 1.62. The summed E-state index contributed by atoms with van der Waals surface area (Å²) >= 11 is 0. The molecule has 0 aromatic carbocycles. The number of furan rings is 2. The zero-order valence-electron chi connectivity index (χ0n) is 9.57. The topological polar surface area (TPSA) is 65.2 Å². The third-order valence-electron chi connectivity index (χ3n) is 2.13. The van der Waals surface area contributed by atoms with Gasteiger partial charge in [0.25, 0.3) is 0 Å². The van der Waals surface area contributed by atoms with E-state index in [4.69, 9.17) is 14.6 Å². The molecule has 0 fully saturated rings. The molecule has 0 saturated carbocycles. The van der Waals surface area contributed by atoms with Crippen LogP contribution in [0.3, 0.4) is 0 Å². The van der Waals surface area contributed by atoms with E-state index in [0.717, 1.165) is 22.4 Å². The maximum Gasteiger partial charge on any atom is 0.193 e. The highest BCUT2D eigenvalue weighted by molar-refractivity contribution is 5.88. The zero-order valence-corrected chi connectivity index (χ0v) is 9.57. The molecule has 0 spiro atoms. The molecule has 2 N–H and O–H groups in total. The van der Waals surface area contributed by atoms with Crippen LogP contribution in [0.25, 0.3) is 22.2 Å². The third-order valence-corrected chi connectivity index (χ3v) is 2.13. The molecule has 0 unspecified atom stereocenters. The summed E-state index contributed by atoms with van der Waals surface area (Å²) < 4.78 is 10.7. The molecular weight excluding hydrogens is 204 g/mol. The average Bonchev–Trinajstić information content (AvgIpc) is 2.76. The minimum Gasteiger partial charge on any atom is -0.460 e. The molecule has 0 aliphatic carbocycles. The highest BCUT2D eigenvalue weighted by Gasteiger charge is 2.07. The van der Waals surface area contributed by atoms with Gasteiger partial charge in [0.1, 0.15) is 16.8 Å². The number of nitrogen functional groups attached to an aromatic ring is 1. The number of hydrogen-bond donors (Lipinski definition) is 1. The fraction of sp³-hybridized carbons (Fsp3) is 0.250. The quantitative estimate of drug-likeness (QED) is 0.627. The first-order valence-corrected chi connectivity index (χ1v) is 5.28. The predicted octanol–water partition coefficient (Wildman–Crippen LogP) is 3.49. The lowest BCUT2D eigenvalue weighted by Gasteiger charge is -1.87. The first-order valence-electron chi connectivity index (χ1n) is 5.28. The largest absolute Gasteiger partial charge is 0.460 e. The maximum absolute atomic E-state index is 5.51. The summed E-state index contributed by atoms with van der Waals surface area (Å²) in [5.41, 5.74) is 8.49. The van der Waals surface area contributed by atoms with Gasteiger partial charge in [-0.2, -0.15) is 0 Å². The predicted molar refractivity (Wildman–Crippen MR) is 64.3 cm³/mol. The van der Waals surface area contributed by atoms with E-state index in [9.17, 15) is 0 Å². The number of nitrogens with two attached hydrogens (primary N) is 1. The van der Waals surface area contributed by atoms with Gasteiger partial charge in [-0.3, -0.25) is 0 Å².